The summed E-state index contributed by atoms with van der Waals surface area (Å²) in [5.74, 6) is 0.141. The number of H-pyrrole nitrogens is 1. The topological polar surface area (TPSA) is 72.0 Å². The number of carbonyl (C=O) groups is 2. The summed E-state index contributed by atoms with van der Waals surface area (Å²) in [4.78, 5) is 31.8. The largest absolute Gasteiger partial charge is 0.487 e. The van der Waals surface area contributed by atoms with Crippen LogP contribution in [0.3, 0.4) is 0 Å². The summed E-state index contributed by atoms with van der Waals surface area (Å²) >= 11 is 0. The summed E-state index contributed by atoms with van der Waals surface area (Å²) < 4.78 is 5.84. The summed E-state index contributed by atoms with van der Waals surface area (Å²) in [5, 5.41) is 1.07. The Morgan fingerprint density at radius 2 is 1.72 bits per heavy atom. The van der Waals surface area contributed by atoms with Crippen molar-refractivity contribution in [2.24, 2.45) is 0 Å². The molecule has 0 amide bonds. The number of carbonyl (C=O) groups excluding carboxylic acids is 2. The van der Waals surface area contributed by atoms with Gasteiger partial charge in [0.25, 0.3) is 0 Å². The Hall–Kier alpha value is -4.25. The van der Waals surface area contributed by atoms with Crippen LogP contribution in [0.4, 0.5) is 0 Å². The molecule has 0 aliphatic heterocycles. The van der Waals surface area contributed by atoms with Crippen LogP contribution < -0.4 is 4.74 Å². The molecule has 158 valence electrons. The zero-order chi connectivity index (χ0) is 22.2. The first kappa shape index (κ1) is 21.0. The second-order valence-electron chi connectivity index (χ2n) is 7.25. The third-order valence-electron chi connectivity index (χ3n) is 4.86. The van der Waals surface area contributed by atoms with Crippen molar-refractivity contribution >= 4 is 34.6 Å². The first-order valence-electron chi connectivity index (χ1n) is 10.3. The molecule has 4 rings (SSSR count). The molecule has 2 aromatic carbocycles. The maximum absolute atomic E-state index is 12.3. The van der Waals surface area contributed by atoms with Gasteiger partial charge in [0.2, 0.25) is 0 Å². The lowest BCUT2D eigenvalue weighted by Crippen LogP contribution is -2.02. The number of aromatic nitrogens is 2. The van der Waals surface area contributed by atoms with Crippen molar-refractivity contribution in [3.63, 3.8) is 0 Å². The van der Waals surface area contributed by atoms with Gasteiger partial charge in [-0.05, 0) is 65.6 Å². The predicted molar refractivity (Wildman–Crippen MR) is 126 cm³/mol. The maximum atomic E-state index is 12.3. The monoisotopic (exact) mass is 422 g/mol. The fourth-order valence-electron chi connectivity index (χ4n) is 3.22. The van der Waals surface area contributed by atoms with Crippen LogP contribution in [0.15, 0.2) is 91.3 Å². The van der Waals surface area contributed by atoms with Gasteiger partial charge in [0.05, 0.1) is 12.1 Å². The highest BCUT2D eigenvalue weighted by molar-refractivity contribution is 6.11. The van der Waals surface area contributed by atoms with Gasteiger partial charge in [-0.15, -0.1) is 0 Å². The van der Waals surface area contributed by atoms with Gasteiger partial charge in [-0.1, -0.05) is 36.4 Å². The van der Waals surface area contributed by atoms with E-state index in [0.29, 0.717) is 12.4 Å². The average molecular weight is 422 g/mol. The molecule has 0 saturated carbocycles. The van der Waals surface area contributed by atoms with Gasteiger partial charge in [-0.25, -0.2) is 0 Å². The molecule has 0 aliphatic carbocycles. The van der Waals surface area contributed by atoms with E-state index in [4.69, 9.17) is 4.74 Å². The van der Waals surface area contributed by atoms with Crippen molar-refractivity contribution in [2.45, 2.75) is 13.0 Å². The van der Waals surface area contributed by atoms with Crippen molar-refractivity contribution < 1.29 is 14.3 Å². The zero-order valence-electron chi connectivity index (χ0n) is 17.4. The maximum Gasteiger partial charge on any atom is 0.163 e. The van der Waals surface area contributed by atoms with Crippen LogP contribution in [-0.2, 0) is 16.2 Å². The fourth-order valence-corrected chi connectivity index (χ4v) is 3.22. The minimum absolute atomic E-state index is 0.184. The van der Waals surface area contributed by atoms with Crippen LogP contribution in [0, 0.1) is 0 Å². The highest BCUT2D eigenvalue weighted by Crippen LogP contribution is 2.21. The number of para-hydroxylation sites is 1. The molecule has 0 spiro atoms. The SMILES string of the molecule is O=C(/C=C/c1ccc2[nH]ccc2c1)CC(=O)/C=C/c1ccccc1OCc1ccccn1. The number of aromatic amines is 1. The number of nitrogens with zero attached hydrogens (tertiary/aromatic N) is 1. The van der Waals surface area contributed by atoms with Gasteiger partial charge < -0.3 is 9.72 Å². The van der Waals surface area contributed by atoms with E-state index in [9.17, 15) is 9.59 Å². The molecular formula is C27H22N2O3. The number of nitrogens with one attached hydrogen (secondary N) is 1. The molecule has 2 aromatic heterocycles. The van der Waals surface area contributed by atoms with E-state index in [-0.39, 0.29) is 18.0 Å². The predicted octanol–water partition coefficient (Wildman–Crippen LogP) is 5.40. The second-order valence-corrected chi connectivity index (χ2v) is 7.25. The van der Waals surface area contributed by atoms with Crippen molar-refractivity contribution in [2.75, 3.05) is 0 Å². The molecular weight excluding hydrogens is 400 g/mol. The number of fused-ring (bicyclic) bond motifs is 1. The molecule has 0 atom stereocenters. The van der Waals surface area contributed by atoms with E-state index in [1.165, 1.54) is 12.2 Å². The number of hydrogen-bond acceptors (Lipinski definition) is 4. The standard InChI is InChI=1S/C27H22N2O3/c30-24(11-8-20-9-13-26-22(17-20)14-16-29-26)18-25(31)12-10-21-5-1-2-7-27(21)32-19-23-6-3-4-15-28-23/h1-17,29H,18-19H2/b11-8+,12-10+. The zero-order valence-corrected chi connectivity index (χ0v) is 17.4. The Morgan fingerprint density at radius 1 is 0.906 bits per heavy atom. The highest BCUT2D eigenvalue weighted by atomic mass is 16.5. The quantitative estimate of drug-likeness (QED) is 0.290. The number of allylic oxidation sites excluding steroid dienone is 2. The van der Waals surface area contributed by atoms with Crippen LogP contribution in [0.25, 0.3) is 23.1 Å². The normalized spacial score (nSPS) is 11.4. The lowest BCUT2D eigenvalue weighted by molar-refractivity contribution is -0.121. The molecule has 0 aliphatic rings. The van der Waals surface area contributed by atoms with E-state index in [2.05, 4.69) is 9.97 Å². The summed E-state index contributed by atoms with van der Waals surface area (Å²) in [6.45, 7) is 0.331. The lowest BCUT2D eigenvalue weighted by atomic mass is 10.1. The molecule has 5 nitrogen and oxygen atoms in total. The Labute approximate surface area is 186 Å². The van der Waals surface area contributed by atoms with Crippen LogP contribution in [-0.4, -0.2) is 21.5 Å². The van der Waals surface area contributed by atoms with Crippen LogP contribution in [0.1, 0.15) is 23.2 Å². The smallest absolute Gasteiger partial charge is 0.163 e. The molecule has 32 heavy (non-hydrogen) atoms. The third-order valence-corrected chi connectivity index (χ3v) is 4.86. The molecule has 0 radical (unpaired) electrons. The van der Waals surface area contributed by atoms with E-state index in [1.807, 2.05) is 72.9 Å². The summed E-state index contributed by atoms with van der Waals surface area (Å²) in [6, 6.07) is 20.9. The number of hydrogen-bond donors (Lipinski definition) is 1. The van der Waals surface area contributed by atoms with E-state index < -0.39 is 0 Å². The molecule has 0 saturated heterocycles. The first-order valence-corrected chi connectivity index (χ1v) is 10.3. The Morgan fingerprint density at radius 3 is 2.56 bits per heavy atom. The van der Waals surface area contributed by atoms with Gasteiger partial charge in [-0.3, -0.25) is 14.6 Å². The number of ketones is 2. The Balaban J connectivity index is 1.34. The van der Waals surface area contributed by atoms with Gasteiger partial charge in [-0.2, -0.15) is 0 Å². The van der Waals surface area contributed by atoms with Crippen molar-refractivity contribution in [1.82, 2.24) is 9.97 Å². The fraction of sp³-hybridized carbons (Fsp3) is 0.0741. The molecule has 4 aromatic rings. The second kappa shape index (κ2) is 10.2. The average Bonchev–Trinajstić information content (AvgIpc) is 3.29. The number of pyridine rings is 1. The van der Waals surface area contributed by atoms with E-state index in [1.54, 1.807) is 18.3 Å². The van der Waals surface area contributed by atoms with Crippen LogP contribution in [0.5, 0.6) is 5.75 Å². The summed E-state index contributed by atoms with van der Waals surface area (Å²) in [6.07, 6.45) is 9.67. The molecule has 0 bridgehead atoms. The molecule has 2 heterocycles. The lowest BCUT2D eigenvalue weighted by Gasteiger charge is -2.08. The minimum Gasteiger partial charge on any atom is -0.487 e. The molecule has 5 heteroatoms. The van der Waals surface area contributed by atoms with Gasteiger partial charge in [0.1, 0.15) is 12.4 Å². The molecule has 0 unspecified atom stereocenters. The van der Waals surface area contributed by atoms with E-state index >= 15 is 0 Å². The van der Waals surface area contributed by atoms with Gasteiger partial charge >= 0.3 is 0 Å². The molecule has 1 N–H and O–H groups in total. The molecule has 0 fully saturated rings. The Bertz CT molecular complexity index is 1290. The minimum atomic E-state index is -0.264. The van der Waals surface area contributed by atoms with Crippen molar-refractivity contribution in [3.8, 4) is 5.75 Å². The number of benzene rings is 2. The summed E-state index contributed by atoms with van der Waals surface area (Å²) in [5.41, 5.74) is 3.53. The van der Waals surface area contributed by atoms with Crippen LogP contribution >= 0.6 is 0 Å². The third kappa shape index (κ3) is 5.67. The van der Waals surface area contributed by atoms with Crippen LogP contribution in [0.2, 0.25) is 0 Å². The van der Waals surface area contributed by atoms with Gasteiger partial charge in [0.15, 0.2) is 11.6 Å². The summed E-state index contributed by atoms with van der Waals surface area (Å²) in [7, 11) is 0. The van der Waals surface area contributed by atoms with E-state index in [0.717, 1.165) is 27.7 Å². The Kier molecular flexibility index (Phi) is 6.68. The number of ether oxygens (including phenoxy) is 1. The van der Waals surface area contributed by atoms with Crippen molar-refractivity contribution in [1.29, 1.82) is 0 Å². The number of rotatable bonds is 9. The first-order chi connectivity index (χ1) is 15.7. The van der Waals surface area contributed by atoms with Gasteiger partial charge in [0, 0.05) is 23.5 Å². The van der Waals surface area contributed by atoms with Crippen molar-refractivity contribution in [3.05, 3.63) is 108 Å². The highest BCUT2D eigenvalue weighted by Gasteiger charge is 2.06.